The molecule has 3 atom stereocenters. The Balaban J connectivity index is 5.11. The fourth-order valence-electron chi connectivity index (χ4n) is 2.86. The van der Waals surface area contributed by atoms with E-state index in [-0.39, 0.29) is 18.4 Å². The first-order valence-corrected chi connectivity index (χ1v) is 10.4. The Hall–Kier alpha value is -2.00. The molecule has 0 saturated heterocycles. The van der Waals surface area contributed by atoms with Crippen molar-refractivity contribution in [2.75, 3.05) is 13.1 Å². The van der Waals surface area contributed by atoms with Gasteiger partial charge >= 0.3 is 0 Å². The van der Waals surface area contributed by atoms with Crippen molar-refractivity contribution >= 4 is 24.0 Å². The SMILES string of the molecule is CC(C)CC(NC(=O)C(N)CCCCN)C(=O)NC(CC(C)C)C(=O)NCC=O. The van der Waals surface area contributed by atoms with Crippen molar-refractivity contribution in [1.29, 1.82) is 0 Å². The summed E-state index contributed by atoms with van der Waals surface area (Å²) >= 11 is 0. The van der Waals surface area contributed by atoms with Crippen LogP contribution in [-0.4, -0.2) is 55.2 Å². The van der Waals surface area contributed by atoms with Gasteiger partial charge in [0.05, 0.1) is 12.6 Å². The lowest BCUT2D eigenvalue weighted by Gasteiger charge is -2.25. The highest BCUT2D eigenvalue weighted by Crippen LogP contribution is 2.09. The van der Waals surface area contributed by atoms with E-state index in [4.69, 9.17) is 11.5 Å². The summed E-state index contributed by atoms with van der Waals surface area (Å²) in [6, 6.07) is -2.30. The molecule has 0 aromatic carbocycles. The molecular formula is C20H39N5O4. The molecule has 0 aromatic rings. The molecule has 0 aliphatic rings. The first kappa shape index (κ1) is 27.0. The van der Waals surface area contributed by atoms with Crippen LogP contribution in [0.1, 0.15) is 59.8 Å². The summed E-state index contributed by atoms with van der Waals surface area (Å²) in [5, 5.41) is 7.91. The van der Waals surface area contributed by atoms with Gasteiger partial charge in [0.1, 0.15) is 18.4 Å². The summed E-state index contributed by atoms with van der Waals surface area (Å²) in [5.74, 6) is -0.961. The summed E-state index contributed by atoms with van der Waals surface area (Å²) in [7, 11) is 0. The number of rotatable bonds is 15. The van der Waals surface area contributed by atoms with E-state index in [1.807, 2.05) is 27.7 Å². The van der Waals surface area contributed by atoms with Crippen LogP contribution in [0.4, 0.5) is 0 Å². The molecule has 3 amide bonds. The van der Waals surface area contributed by atoms with E-state index < -0.39 is 35.8 Å². The number of nitrogens with two attached hydrogens (primary N) is 2. The maximum Gasteiger partial charge on any atom is 0.243 e. The van der Waals surface area contributed by atoms with E-state index in [1.54, 1.807) is 0 Å². The smallest absolute Gasteiger partial charge is 0.243 e. The average Bonchev–Trinajstić information content (AvgIpc) is 2.64. The molecule has 0 radical (unpaired) electrons. The Morgan fingerprint density at radius 1 is 0.862 bits per heavy atom. The first-order chi connectivity index (χ1) is 13.6. The molecule has 0 aliphatic heterocycles. The van der Waals surface area contributed by atoms with Crippen LogP contribution < -0.4 is 27.4 Å². The van der Waals surface area contributed by atoms with Crippen LogP contribution in [-0.2, 0) is 19.2 Å². The van der Waals surface area contributed by atoms with E-state index in [1.165, 1.54) is 0 Å². The number of aldehydes is 1. The number of hydrogen-bond donors (Lipinski definition) is 5. The van der Waals surface area contributed by atoms with Crippen LogP contribution in [0.2, 0.25) is 0 Å². The lowest BCUT2D eigenvalue weighted by atomic mass is 9.99. The molecule has 0 bridgehead atoms. The number of nitrogens with one attached hydrogen (secondary N) is 3. The van der Waals surface area contributed by atoms with Crippen LogP contribution in [0.3, 0.4) is 0 Å². The quantitative estimate of drug-likeness (QED) is 0.185. The molecule has 168 valence electrons. The zero-order valence-corrected chi connectivity index (χ0v) is 18.2. The highest BCUT2D eigenvalue weighted by atomic mass is 16.2. The minimum absolute atomic E-state index is 0.118. The van der Waals surface area contributed by atoms with Crippen LogP contribution in [0.25, 0.3) is 0 Å². The lowest BCUT2D eigenvalue weighted by molar-refractivity contribution is -0.133. The number of carbonyl (C=O) groups is 4. The molecule has 3 unspecified atom stereocenters. The topological polar surface area (TPSA) is 156 Å². The van der Waals surface area contributed by atoms with Crippen molar-refractivity contribution in [1.82, 2.24) is 16.0 Å². The van der Waals surface area contributed by atoms with Crippen molar-refractivity contribution in [3.05, 3.63) is 0 Å². The molecule has 0 spiro atoms. The van der Waals surface area contributed by atoms with Crippen molar-refractivity contribution in [3.63, 3.8) is 0 Å². The number of amides is 3. The van der Waals surface area contributed by atoms with Gasteiger partial charge in [-0.1, -0.05) is 34.1 Å². The Morgan fingerprint density at radius 3 is 1.86 bits per heavy atom. The molecule has 0 rings (SSSR count). The monoisotopic (exact) mass is 413 g/mol. The summed E-state index contributed by atoms with van der Waals surface area (Å²) in [5.41, 5.74) is 11.4. The van der Waals surface area contributed by atoms with Crippen molar-refractivity contribution in [2.24, 2.45) is 23.3 Å². The van der Waals surface area contributed by atoms with Gasteiger partial charge in [-0.25, -0.2) is 0 Å². The van der Waals surface area contributed by atoms with Gasteiger partial charge in [0.15, 0.2) is 0 Å². The normalized spacial score (nSPS) is 14.2. The van der Waals surface area contributed by atoms with Crippen molar-refractivity contribution in [3.8, 4) is 0 Å². The van der Waals surface area contributed by atoms with E-state index in [0.29, 0.717) is 32.1 Å². The Labute approximate surface area is 174 Å². The highest BCUT2D eigenvalue weighted by Gasteiger charge is 2.28. The van der Waals surface area contributed by atoms with Crippen LogP contribution in [0.15, 0.2) is 0 Å². The van der Waals surface area contributed by atoms with Gasteiger partial charge in [0.25, 0.3) is 0 Å². The third kappa shape index (κ3) is 12.2. The minimum atomic E-state index is -0.795. The van der Waals surface area contributed by atoms with Gasteiger partial charge in [-0.2, -0.15) is 0 Å². The van der Waals surface area contributed by atoms with Gasteiger partial charge in [-0.05, 0) is 44.1 Å². The Kier molecular flexibility index (Phi) is 13.9. The number of hydrogen-bond acceptors (Lipinski definition) is 6. The maximum atomic E-state index is 12.8. The number of unbranched alkanes of at least 4 members (excludes halogenated alkanes) is 1. The van der Waals surface area contributed by atoms with Gasteiger partial charge in [0, 0.05) is 0 Å². The Bertz CT molecular complexity index is 525. The third-order valence-electron chi connectivity index (χ3n) is 4.35. The third-order valence-corrected chi connectivity index (χ3v) is 4.35. The molecule has 0 aliphatic carbocycles. The Morgan fingerprint density at radius 2 is 1.38 bits per heavy atom. The van der Waals surface area contributed by atoms with Crippen LogP contribution >= 0.6 is 0 Å². The summed E-state index contributed by atoms with van der Waals surface area (Å²) in [6.45, 7) is 8.16. The second-order valence-electron chi connectivity index (χ2n) is 8.18. The molecule has 7 N–H and O–H groups in total. The number of carbonyl (C=O) groups excluding carboxylic acids is 4. The fraction of sp³-hybridized carbons (Fsp3) is 0.800. The van der Waals surface area contributed by atoms with Crippen molar-refractivity contribution < 1.29 is 19.2 Å². The molecular weight excluding hydrogens is 374 g/mol. The van der Waals surface area contributed by atoms with Gasteiger partial charge in [-0.3, -0.25) is 14.4 Å². The van der Waals surface area contributed by atoms with E-state index in [2.05, 4.69) is 16.0 Å². The van der Waals surface area contributed by atoms with Crippen molar-refractivity contribution in [2.45, 2.75) is 77.9 Å². The van der Waals surface area contributed by atoms with Gasteiger partial charge in [-0.15, -0.1) is 0 Å². The summed E-state index contributed by atoms with van der Waals surface area (Å²) < 4.78 is 0. The highest BCUT2D eigenvalue weighted by molar-refractivity contribution is 5.93. The molecule has 0 fully saturated rings. The standard InChI is InChI=1S/C20H39N5O4/c1-13(2)11-16(19(28)23-9-10-26)25-20(29)17(12-14(3)4)24-18(27)15(22)7-5-6-8-21/h10,13-17H,5-9,11-12,21-22H2,1-4H3,(H,23,28)(H,24,27)(H,25,29). The second kappa shape index (κ2) is 14.9. The summed E-state index contributed by atoms with van der Waals surface area (Å²) in [6.07, 6.45) is 3.42. The molecule has 0 heterocycles. The first-order valence-electron chi connectivity index (χ1n) is 10.4. The predicted molar refractivity (Wildman–Crippen MR) is 113 cm³/mol. The van der Waals surface area contributed by atoms with Crippen LogP contribution in [0, 0.1) is 11.8 Å². The largest absolute Gasteiger partial charge is 0.348 e. The van der Waals surface area contributed by atoms with E-state index in [9.17, 15) is 19.2 Å². The second-order valence-corrected chi connectivity index (χ2v) is 8.18. The molecule has 9 nitrogen and oxygen atoms in total. The molecule has 29 heavy (non-hydrogen) atoms. The maximum absolute atomic E-state index is 12.8. The molecule has 0 aromatic heterocycles. The van der Waals surface area contributed by atoms with Gasteiger partial charge < -0.3 is 32.2 Å². The fourth-order valence-corrected chi connectivity index (χ4v) is 2.86. The van der Waals surface area contributed by atoms with Gasteiger partial charge in [0.2, 0.25) is 17.7 Å². The zero-order valence-electron chi connectivity index (χ0n) is 18.2. The average molecular weight is 414 g/mol. The zero-order chi connectivity index (χ0) is 22.4. The van der Waals surface area contributed by atoms with E-state index >= 15 is 0 Å². The minimum Gasteiger partial charge on any atom is -0.348 e. The van der Waals surface area contributed by atoms with Crippen LogP contribution in [0.5, 0.6) is 0 Å². The predicted octanol–water partition coefficient (Wildman–Crippen LogP) is -0.180. The molecule has 9 heteroatoms. The van der Waals surface area contributed by atoms with E-state index in [0.717, 1.165) is 12.8 Å². The lowest BCUT2D eigenvalue weighted by Crippen LogP contribution is -2.56. The molecule has 0 saturated carbocycles. The summed E-state index contributed by atoms with van der Waals surface area (Å²) in [4.78, 5) is 48.1.